The maximum atomic E-state index is 9.33. The predicted molar refractivity (Wildman–Crippen MR) is 69.8 cm³/mol. The van der Waals surface area contributed by atoms with E-state index < -0.39 is 0 Å². The van der Waals surface area contributed by atoms with Crippen LogP contribution in [0, 0.1) is 0 Å². The van der Waals surface area contributed by atoms with Gasteiger partial charge in [-0.3, -0.25) is 0 Å². The summed E-state index contributed by atoms with van der Waals surface area (Å²) in [4.78, 5) is 8.23. The number of aliphatic hydroxyl groups excluding tert-OH is 1. The molecule has 4 N–H and O–H groups in total. The number of nitrogens with zero attached hydrogens (tertiary/aromatic N) is 2. The van der Waals surface area contributed by atoms with Gasteiger partial charge in [0.15, 0.2) is 0 Å². The molecule has 0 aliphatic rings. The molecule has 0 radical (unpaired) electrons. The molecule has 96 valence electrons. The highest BCUT2D eigenvalue weighted by molar-refractivity contribution is 5.55. The SMILES string of the molecule is CCCc1c(N)ncnc1NC(C)CC(C)O. The lowest BCUT2D eigenvalue weighted by Gasteiger charge is -2.18. The summed E-state index contributed by atoms with van der Waals surface area (Å²) < 4.78 is 0. The first-order valence-corrected chi connectivity index (χ1v) is 6.08. The van der Waals surface area contributed by atoms with E-state index in [1.165, 1.54) is 6.33 Å². The number of rotatable bonds is 6. The fraction of sp³-hybridized carbons (Fsp3) is 0.667. The summed E-state index contributed by atoms with van der Waals surface area (Å²) in [6.45, 7) is 5.88. The van der Waals surface area contributed by atoms with Gasteiger partial charge in [-0.1, -0.05) is 13.3 Å². The van der Waals surface area contributed by atoms with E-state index in [4.69, 9.17) is 5.73 Å². The largest absolute Gasteiger partial charge is 0.393 e. The quantitative estimate of drug-likeness (QED) is 0.700. The predicted octanol–water partition coefficient (Wildman–Crippen LogP) is 1.58. The van der Waals surface area contributed by atoms with Gasteiger partial charge < -0.3 is 16.2 Å². The summed E-state index contributed by atoms with van der Waals surface area (Å²) in [6.07, 6.45) is 3.67. The van der Waals surface area contributed by atoms with Crippen LogP contribution in [0.3, 0.4) is 0 Å². The lowest BCUT2D eigenvalue weighted by molar-refractivity contribution is 0.179. The summed E-state index contributed by atoms with van der Waals surface area (Å²) >= 11 is 0. The van der Waals surface area contributed by atoms with Gasteiger partial charge in [0.05, 0.1) is 6.10 Å². The minimum absolute atomic E-state index is 0.153. The Hall–Kier alpha value is -1.36. The number of hydrogen-bond acceptors (Lipinski definition) is 5. The van der Waals surface area contributed by atoms with Crippen molar-refractivity contribution in [2.75, 3.05) is 11.1 Å². The molecule has 5 nitrogen and oxygen atoms in total. The summed E-state index contributed by atoms with van der Waals surface area (Å²) in [5, 5.41) is 12.6. The lowest BCUT2D eigenvalue weighted by Crippen LogP contribution is -2.22. The van der Waals surface area contributed by atoms with Crippen molar-refractivity contribution in [1.82, 2.24) is 9.97 Å². The van der Waals surface area contributed by atoms with Gasteiger partial charge in [-0.15, -0.1) is 0 Å². The highest BCUT2D eigenvalue weighted by atomic mass is 16.3. The van der Waals surface area contributed by atoms with Gasteiger partial charge in [-0.2, -0.15) is 0 Å². The normalized spacial score (nSPS) is 14.4. The molecule has 0 amide bonds. The molecule has 1 aromatic rings. The summed E-state index contributed by atoms with van der Waals surface area (Å²) in [5.41, 5.74) is 6.81. The first kappa shape index (κ1) is 13.7. The van der Waals surface area contributed by atoms with E-state index >= 15 is 0 Å². The van der Waals surface area contributed by atoms with Crippen LogP contribution in [0.2, 0.25) is 0 Å². The molecular formula is C12H22N4O. The zero-order valence-corrected chi connectivity index (χ0v) is 10.8. The van der Waals surface area contributed by atoms with E-state index in [1.807, 2.05) is 6.92 Å². The highest BCUT2D eigenvalue weighted by Gasteiger charge is 2.12. The number of aromatic nitrogens is 2. The summed E-state index contributed by atoms with van der Waals surface area (Å²) in [5.74, 6) is 1.32. The first-order valence-electron chi connectivity index (χ1n) is 6.08. The van der Waals surface area contributed by atoms with Gasteiger partial charge >= 0.3 is 0 Å². The molecule has 0 bridgehead atoms. The van der Waals surface area contributed by atoms with Gasteiger partial charge in [0.1, 0.15) is 18.0 Å². The fourth-order valence-corrected chi connectivity index (χ4v) is 1.85. The average molecular weight is 238 g/mol. The smallest absolute Gasteiger partial charge is 0.134 e. The Morgan fingerprint density at radius 2 is 2.12 bits per heavy atom. The molecule has 2 atom stereocenters. The third-order valence-corrected chi connectivity index (χ3v) is 2.56. The zero-order chi connectivity index (χ0) is 12.8. The van der Waals surface area contributed by atoms with E-state index in [0.29, 0.717) is 12.2 Å². The molecule has 0 saturated heterocycles. The number of anilines is 2. The summed E-state index contributed by atoms with van der Waals surface area (Å²) in [7, 11) is 0. The number of hydrogen-bond donors (Lipinski definition) is 3. The van der Waals surface area contributed by atoms with Crippen molar-refractivity contribution >= 4 is 11.6 Å². The zero-order valence-electron chi connectivity index (χ0n) is 10.8. The molecule has 0 saturated carbocycles. The van der Waals surface area contributed by atoms with Crippen molar-refractivity contribution in [2.45, 2.75) is 52.2 Å². The van der Waals surface area contributed by atoms with Gasteiger partial charge in [0, 0.05) is 11.6 Å². The van der Waals surface area contributed by atoms with Crippen LogP contribution in [0.15, 0.2) is 6.33 Å². The van der Waals surface area contributed by atoms with Gasteiger partial charge in [-0.05, 0) is 26.7 Å². The van der Waals surface area contributed by atoms with Crippen LogP contribution >= 0.6 is 0 Å². The molecule has 1 rings (SSSR count). The maximum Gasteiger partial charge on any atom is 0.134 e. The number of aliphatic hydroxyl groups is 1. The molecule has 2 unspecified atom stereocenters. The Kier molecular flexibility index (Phi) is 5.15. The van der Waals surface area contributed by atoms with Crippen molar-refractivity contribution < 1.29 is 5.11 Å². The van der Waals surface area contributed by atoms with Crippen LogP contribution in [0.1, 0.15) is 39.2 Å². The monoisotopic (exact) mass is 238 g/mol. The van der Waals surface area contributed by atoms with E-state index in [-0.39, 0.29) is 12.1 Å². The van der Waals surface area contributed by atoms with E-state index in [2.05, 4.69) is 22.2 Å². The number of nitrogen functional groups attached to an aromatic ring is 1. The molecule has 0 aliphatic heterocycles. The summed E-state index contributed by atoms with van der Waals surface area (Å²) in [6, 6.07) is 0.153. The molecule has 0 spiro atoms. The Bertz CT molecular complexity index is 354. The molecule has 0 fully saturated rings. The van der Waals surface area contributed by atoms with Gasteiger partial charge in [0.2, 0.25) is 0 Å². The average Bonchev–Trinajstić information content (AvgIpc) is 2.22. The van der Waals surface area contributed by atoms with Crippen molar-refractivity contribution in [1.29, 1.82) is 0 Å². The molecule has 17 heavy (non-hydrogen) atoms. The van der Waals surface area contributed by atoms with E-state index in [9.17, 15) is 5.11 Å². The Morgan fingerprint density at radius 1 is 1.41 bits per heavy atom. The van der Waals surface area contributed by atoms with E-state index in [0.717, 1.165) is 24.2 Å². The van der Waals surface area contributed by atoms with Crippen LogP contribution < -0.4 is 11.1 Å². The highest BCUT2D eigenvalue weighted by Crippen LogP contribution is 2.20. The molecule has 0 aromatic carbocycles. The standard InChI is InChI=1S/C12H22N4O/c1-4-5-10-11(13)14-7-15-12(10)16-8(2)6-9(3)17/h7-9,17H,4-6H2,1-3H3,(H3,13,14,15,16). The van der Waals surface area contributed by atoms with Crippen LogP contribution in [0.4, 0.5) is 11.6 Å². The second-order valence-corrected chi connectivity index (χ2v) is 4.47. The fourth-order valence-electron chi connectivity index (χ4n) is 1.85. The third kappa shape index (κ3) is 4.19. The Morgan fingerprint density at radius 3 is 2.71 bits per heavy atom. The second-order valence-electron chi connectivity index (χ2n) is 4.47. The molecule has 1 aromatic heterocycles. The van der Waals surface area contributed by atoms with Crippen LogP contribution in [0.5, 0.6) is 0 Å². The number of nitrogens with two attached hydrogens (primary N) is 1. The molecule has 0 aliphatic carbocycles. The molecular weight excluding hydrogens is 216 g/mol. The van der Waals surface area contributed by atoms with Crippen LogP contribution in [-0.4, -0.2) is 27.2 Å². The van der Waals surface area contributed by atoms with Crippen molar-refractivity contribution in [3.63, 3.8) is 0 Å². The second kappa shape index (κ2) is 6.39. The minimum atomic E-state index is -0.327. The first-order chi connectivity index (χ1) is 8.04. The van der Waals surface area contributed by atoms with E-state index in [1.54, 1.807) is 6.92 Å². The molecule has 1 heterocycles. The third-order valence-electron chi connectivity index (χ3n) is 2.56. The minimum Gasteiger partial charge on any atom is -0.393 e. The van der Waals surface area contributed by atoms with Crippen LogP contribution in [0.25, 0.3) is 0 Å². The number of nitrogens with one attached hydrogen (secondary N) is 1. The maximum absolute atomic E-state index is 9.33. The molecule has 5 heteroatoms. The van der Waals surface area contributed by atoms with Gasteiger partial charge in [0.25, 0.3) is 0 Å². The van der Waals surface area contributed by atoms with Crippen LogP contribution in [-0.2, 0) is 6.42 Å². The van der Waals surface area contributed by atoms with Crippen molar-refractivity contribution in [2.24, 2.45) is 0 Å². The van der Waals surface area contributed by atoms with Crippen molar-refractivity contribution in [3.05, 3.63) is 11.9 Å². The topological polar surface area (TPSA) is 84.1 Å². The lowest BCUT2D eigenvalue weighted by atomic mass is 10.1. The van der Waals surface area contributed by atoms with Crippen molar-refractivity contribution in [3.8, 4) is 0 Å². The Labute approximate surface area is 102 Å². The Balaban J connectivity index is 2.79. The van der Waals surface area contributed by atoms with Gasteiger partial charge in [-0.25, -0.2) is 9.97 Å².